The summed E-state index contributed by atoms with van der Waals surface area (Å²) in [6, 6.07) is 14.3. The first-order chi connectivity index (χ1) is 15.6. The fourth-order valence-corrected chi connectivity index (χ4v) is 3.29. The van der Waals surface area contributed by atoms with E-state index >= 15 is 0 Å². The van der Waals surface area contributed by atoms with Gasteiger partial charge in [-0.05, 0) is 52.3 Å². The molecule has 1 heterocycles. The number of ether oxygens (including phenoxy) is 2. The van der Waals surface area contributed by atoms with E-state index in [0.717, 1.165) is 18.2 Å². The van der Waals surface area contributed by atoms with Crippen molar-refractivity contribution in [1.82, 2.24) is 0 Å². The number of carbonyl (C=O) groups is 1. The molecule has 0 atom stereocenters. The number of halogens is 5. The maximum Gasteiger partial charge on any atom is 0.453 e. The van der Waals surface area contributed by atoms with E-state index in [-0.39, 0.29) is 22.4 Å². The van der Waals surface area contributed by atoms with Crippen LogP contribution < -0.4 is 14.9 Å². The predicted octanol–water partition coefficient (Wildman–Crippen LogP) is 6.72. The van der Waals surface area contributed by atoms with E-state index < -0.39 is 40.5 Å². The molecular formula is C23H11BrF4O5. The van der Waals surface area contributed by atoms with Crippen LogP contribution in [-0.2, 0) is 6.18 Å². The van der Waals surface area contributed by atoms with Gasteiger partial charge in [0.2, 0.25) is 11.2 Å². The van der Waals surface area contributed by atoms with Crippen LogP contribution in [0.5, 0.6) is 17.2 Å². The van der Waals surface area contributed by atoms with E-state index in [4.69, 9.17) is 13.9 Å². The standard InChI is InChI=1S/C23H11BrF4O5/c24-15-6-2-4-8-17(15)32-20-19(29)14-10-9-12(11-18(14)33-21(20)23(26,27)28)31-22(30)13-5-1-3-7-16(13)25/h1-11H. The molecule has 0 aliphatic rings. The van der Waals surface area contributed by atoms with Crippen LogP contribution in [0.15, 0.2) is 80.4 Å². The number of hydrogen-bond acceptors (Lipinski definition) is 5. The third kappa shape index (κ3) is 4.61. The summed E-state index contributed by atoms with van der Waals surface area (Å²) in [7, 11) is 0. The van der Waals surface area contributed by atoms with E-state index in [0.29, 0.717) is 4.47 Å². The number of alkyl halides is 3. The van der Waals surface area contributed by atoms with Crippen LogP contribution >= 0.6 is 15.9 Å². The van der Waals surface area contributed by atoms with Crippen molar-refractivity contribution in [2.45, 2.75) is 6.18 Å². The van der Waals surface area contributed by atoms with Crippen molar-refractivity contribution < 1.29 is 36.2 Å². The zero-order valence-corrected chi connectivity index (χ0v) is 17.9. The fourth-order valence-electron chi connectivity index (χ4n) is 2.93. The SMILES string of the molecule is O=C(Oc1ccc2c(=O)c(Oc3ccccc3Br)c(C(F)(F)F)oc2c1)c1ccccc1F. The van der Waals surface area contributed by atoms with Crippen molar-refractivity contribution in [1.29, 1.82) is 0 Å². The van der Waals surface area contributed by atoms with Crippen molar-refractivity contribution in [3.05, 3.63) is 98.6 Å². The lowest BCUT2D eigenvalue weighted by molar-refractivity contribution is -0.154. The highest BCUT2D eigenvalue weighted by Crippen LogP contribution is 2.39. The minimum absolute atomic E-state index is 0.0231. The van der Waals surface area contributed by atoms with E-state index in [9.17, 15) is 27.2 Å². The molecule has 0 unspecified atom stereocenters. The third-order valence-electron chi connectivity index (χ3n) is 4.43. The summed E-state index contributed by atoms with van der Waals surface area (Å²) in [5.74, 6) is -4.87. The fraction of sp³-hybridized carbons (Fsp3) is 0.0435. The van der Waals surface area contributed by atoms with E-state index in [1.54, 1.807) is 6.07 Å². The number of fused-ring (bicyclic) bond motifs is 1. The van der Waals surface area contributed by atoms with Gasteiger partial charge in [0.05, 0.1) is 15.4 Å². The molecule has 3 aromatic carbocycles. The first kappa shape index (κ1) is 22.5. The van der Waals surface area contributed by atoms with E-state index in [2.05, 4.69) is 15.9 Å². The van der Waals surface area contributed by atoms with E-state index in [1.165, 1.54) is 42.5 Å². The second kappa shape index (κ2) is 8.70. The molecule has 10 heteroatoms. The van der Waals surface area contributed by atoms with Gasteiger partial charge >= 0.3 is 12.1 Å². The molecular weight excluding hydrogens is 512 g/mol. The maximum absolute atomic E-state index is 13.8. The van der Waals surface area contributed by atoms with Crippen LogP contribution in [0.25, 0.3) is 11.0 Å². The van der Waals surface area contributed by atoms with Gasteiger partial charge in [-0.25, -0.2) is 9.18 Å². The molecule has 168 valence electrons. The van der Waals surface area contributed by atoms with Gasteiger partial charge < -0.3 is 13.9 Å². The Balaban J connectivity index is 1.78. The van der Waals surface area contributed by atoms with Gasteiger partial charge in [0.15, 0.2) is 0 Å². The van der Waals surface area contributed by atoms with Crippen LogP contribution in [0.3, 0.4) is 0 Å². The molecule has 0 aliphatic carbocycles. The highest BCUT2D eigenvalue weighted by molar-refractivity contribution is 9.10. The summed E-state index contributed by atoms with van der Waals surface area (Å²) in [5, 5.41) is -0.240. The lowest BCUT2D eigenvalue weighted by Crippen LogP contribution is -2.16. The van der Waals surface area contributed by atoms with Crippen molar-refractivity contribution >= 4 is 32.9 Å². The normalized spacial score (nSPS) is 11.4. The van der Waals surface area contributed by atoms with E-state index in [1.807, 2.05) is 0 Å². The van der Waals surface area contributed by atoms with Gasteiger partial charge in [-0.1, -0.05) is 24.3 Å². The minimum Gasteiger partial charge on any atom is -0.448 e. The van der Waals surface area contributed by atoms with Crippen molar-refractivity contribution in [2.75, 3.05) is 0 Å². The van der Waals surface area contributed by atoms with Crippen molar-refractivity contribution in [2.24, 2.45) is 0 Å². The largest absolute Gasteiger partial charge is 0.453 e. The van der Waals surface area contributed by atoms with Gasteiger partial charge in [0.25, 0.3) is 5.76 Å². The molecule has 4 rings (SSSR count). The molecule has 0 amide bonds. The summed E-state index contributed by atoms with van der Waals surface area (Å²) in [5.41, 5.74) is -1.94. The van der Waals surface area contributed by atoms with Crippen LogP contribution in [0.1, 0.15) is 16.1 Å². The van der Waals surface area contributed by atoms with Crippen molar-refractivity contribution in [3.8, 4) is 17.2 Å². The number of hydrogen-bond donors (Lipinski definition) is 0. The topological polar surface area (TPSA) is 65.7 Å². The number of carbonyl (C=O) groups excluding carboxylic acids is 1. The Morgan fingerprint density at radius 2 is 1.67 bits per heavy atom. The smallest absolute Gasteiger partial charge is 0.448 e. The Labute approximate surface area is 191 Å². The maximum atomic E-state index is 13.8. The second-order valence-corrected chi connectivity index (χ2v) is 7.50. The van der Waals surface area contributed by atoms with Gasteiger partial charge in [0, 0.05) is 6.07 Å². The quantitative estimate of drug-likeness (QED) is 0.169. The van der Waals surface area contributed by atoms with Crippen LogP contribution in [0, 0.1) is 5.82 Å². The molecule has 0 saturated carbocycles. The summed E-state index contributed by atoms with van der Waals surface area (Å²) < 4.78 is 70.4. The van der Waals surface area contributed by atoms with Crippen LogP contribution in [0.2, 0.25) is 0 Å². The van der Waals surface area contributed by atoms with Gasteiger partial charge in [-0.15, -0.1) is 0 Å². The lowest BCUT2D eigenvalue weighted by Gasteiger charge is -2.14. The third-order valence-corrected chi connectivity index (χ3v) is 5.09. The number of benzene rings is 3. The average molecular weight is 523 g/mol. The summed E-state index contributed by atoms with van der Waals surface area (Å²) in [6.45, 7) is 0. The Kier molecular flexibility index (Phi) is 5.94. The molecule has 5 nitrogen and oxygen atoms in total. The highest BCUT2D eigenvalue weighted by Gasteiger charge is 2.40. The molecule has 0 radical (unpaired) electrons. The molecule has 1 aromatic heterocycles. The lowest BCUT2D eigenvalue weighted by atomic mass is 10.2. The minimum atomic E-state index is -5.07. The molecule has 0 N–H and O–H groups in total. The Bertz CT molecular complexity index is 1430. The Morgan fingerprint density at radius 1 is 0.970 bits per heavy atom. The van der Waals surface area contributed by atoms with Gasteiger partial charge in [-0.3, -0.25) is 4.79 Å². The first-order valence-electron chi connectivity index (χ1n) is 9.22. The summed E-state index contributed by atoms with van der Waals surface area (Å²) >= 11 is 3.15. The monoisotopic (exact) mass is 522 g/mol. The molecule has 0 aliphatic heterocycles. The van der Waals surface area contributed by atoms with Crippen LogP contribution in [0.4, 0.5) is 17.6 Å². The van der Waals surface area contributed by atoms with Gasteiger partial charge in [0.1, 0.15) is 22.9 Å². The molecule has 0 fully saturated rings. The molecule has 33 heavy (non-hydrogen) atoms. The van der Waals surface area contributed by atoms with Crippen LogP contribution in [-0.4, -0.2) is 5.97 Å². The second-order valence-electron chi connectivity index (χ2n) is 6.65. The number of para-hydroxylation sites is 1. The molecule has 4 aromatic rings. The Morgan fingerprint density at radius 3 is 2.36 bits per heavy atom. The highest BCUT2D eigenvalue weighted by atomic mass is 79.9. The predicted molar refractivity (Wildman–Crippen MR) is 113 cm³/mol. The zero-order chi connectivity index (χ0) is 23.8. The summed E-state index contributed by atoms with van der Waals surface area (Å²) in [4.78, 5) is 25.0. The van der Waals surface area contributed by atoms with Gasteiger partial charge in [-0.2, -0.15) is 13.2 Å². The first-order valence-corrected chi connectivity index (χ1v) is 10.0. The molecule has 0 saturated heterocycles. The van der Waals surface area contributed by atoms with Crippen molar-refractivity contribution in [3.63, 3.8) is 0 Å². The Hall–Kier alpha value is -3.66. The number of rotatable bonds is 4. The molecule has 0 spiro atoms. The summed E-state index contributed by atoms with van der Waals surface area (Å²) in [6.07, 6.45) is -5.07. The zero-order valence-electron chi connectivity index (χ0n) is 16.3. The number of esters is 1. The average Bonchev–Trinajstić information content (AvgIpc) is 2.76. The molecule has 0 bridgehead atoms.